The van der Waals surface area contributed by atoms with Crippen LogP contribution in [0.1, 0.15) is 29.4 Å². The summed E-state index contributed by atoms with van der Waals surface area (Å²) < 4.78 is 20.5. The van der Waals surface area contributed by atoms with Crippen LogP contribution in [0.3, 0.4) is 0 Å². The molecule has 0 aliphatic rings. The molecule has 0 fully saturated rings. The van der Waals surface area contributed by atoms with E-state index in [1.807, 2.05) is 6.07 Å². The summed E-state index contributed by atoms with van der Waals surface area (Å²) in [5, 5.41) is 10.1. The summed E-state index contributed by atoms with van der Waals surface area (Å²) in [6, 6.07) is 17.2. The first-order valence-electron chi connectivity index (χ1n) is 11.1. The van der Waals surface area contributed by atoms with E-state index in [-0.39, 0.29) is 11.4 Å². The number of hydrogen-bond donors (Lipinski definition) is 2. The third kappa shape index (κ3) is 5.89. The fourth-order valence-electron chi connectivity index (χ4n) is 3.32. The zero-order valence-electron chi connectivity index (χ0n) is 19.3. The van der Waals surface area contributed by atoms with Gasteiger partial charge in [-0.2, -0.15) is 9.78 Å². The lowest BCUT2D eigenvalue weighted by molar-refractivity contribution is 0.102. The molecule has 35 heavy (non-hydrogen) atoms. The van der Waals surface area contributed by atoms with Crippen molar-refractivity contribution in [3.05, 3.63) is 100 Å². The zero-order valence-corrected chi connectivity index (χ0v) is 19.3. The Morgan fingerprint density at radius 2 is 1.86 bits per heavy atom. The summed E-state index contributed by atoms with van der Waals surface area (Å²) in [5.41, 5.74) is 0.750. The molecule has 2 heterocycles. The summed E-state index contributed by atoms with van der Waals surface area (Å²) in [4.78, 5) is 29.5. The number of amides is 1. The van der Waals surface area contributed by atoms with Crippen LogP contribution in [0.2, 0.25) is 0 Å². The Bertz CT molecular complexity index is 1400. The number of pyridine rings is 1. The number of anilines is 2. The minimum absolute atomic E-state index is 0.0538. The fourth-order valence-corrected chi connectivity index (χ4v) is 3.32. The molecule has 9 heteroatoms. The number of aromatic nitrogens is 3. The average molecular weight is 474 g/mol. The van der Waals surface area contributed by atoms with Gasteiger partial charge >= 0.3 is 0 Å². The summed E-state index contributed by atoms with van der Waals surface area (Å²) >= 11 is 0. The lowest BCUT2D eigenvalue weighted by atomic mass is 10.2. The van der Waals surface area contributed by atoms with Gasteiger partial charge in [0.1, 0.15) is 23.1 Å². The normalized spacial score (nSPS) is 10.6. The molecular weight excluding hydrogens is 449 g/mol. The van der Waals surface area contributed by atoms with Crippen LogP contribution in [0.25, 0.3) is 5.69 Å². The Morgan fingerprint density at radius 3 is 2.60 bits per heavy atom. The molecular formula is C26H24FN5O3. The summed E-state index contributed by atoms with van der Waals surface area (Å²) in [5.74, 6) is 0.947. The maximum absolute atomic E-state index is 13.6. The Balaban J connectivity index is 1.48. The molecule has 4 aromatic rings. The number of carbonyl (C=O) groups is 1. The van der Waals surface area contributed by atoms with Crippen molar-refractivity contribution >= 4 is 17.4 Å². The van der Waals surface area contributed by atoms with Gasteiger partial charge in [0.15, 0.2) is 5.69 Å². The first-order valence-corrected chi connectivity index (χ1v) is 11.1. The summed E-state index contributed by atoms with van der Waals surface area (Å²) in [6.45, 7) is 4.51. The molecule has 2 aromatic heterocycles. The summed E-state index contributed by atoms with van der Waals surface area (Å²) in [7, 11) is 0. The molecule has 0 aliphatic heterocycles. The van der Waals surface area contributed by atoms with Crippen LogP contribution in [-0.2, 0) is 0 Å². The monoisotopic (exact) mass is 473 g/mol. The predicted octanol–water partition coefficient (Wildman–Crippen LogP) is 4.94. The van der Waals surface area contributed by atoms with E-state index >= 15 is 0 Å². The van der Waals surface area contributed by atoms with Crippen molar-refractivity contribution in [2.75, 3.05) is 17.2 Å². The van der Waals surface area contributed by atoms with Crippen LogP contribution >= 0.6 is 0 Å². The Hall–Kier alpha value is -4.53. The van der Waals surface area contributed by atoms with Gasteiger partial charge in [0.25, 0.3) is 11.5 Å². The van der Waals surface area contributed by atoms with E-state index in [4.69, 9.17) is 4.74 Å². The molecule has 0 spiro atoms. The fraction of sp³-hybridized carbons (Fsp3) is 0.154. The highest BCUT2D eigenvalue weighted by Crippen LogP contribution is 2.24. The van der Waals surface area contributed by atoms with Crippen LogP contribution in [0, 0.1) is 12.7 Å². The molecule has 0 saturated heterocycles. The van der Waals surface area contributed by atoms with Crippen molar-refractivity contribution in [2.45, 2.75) is 20.3 Å². The number of rotatable bonds is 8. The number of benzene rings is 2. The van der Waals surface area contributed by atoms with Crippen molar-refractivity contribution in [1.29, 1.82) is 0 Å². The number of halogens is 1. The molecule has 0 unspecified atom stereocenters. The minimum Gasteiger partial charge on any atom is -0.457 e. The summed E-state index contributed by atoms with van der Waals surface area (Å²) in [6.07, 6.45) is 2.65. The van der Waals surface area contributed by atoms with E-state index in [9.17, 15) is 14.0 Å². The molecule has 0 atom stereocenters. The van der Waals surface area contributed by atoms with Crippen LogP contribution in [0.5, 0.6) is 11.5 Å². The Kier molecular flexibility index (Phi) is 7.15. The van der Waals surface area contributed by atoms with Gasteiger partial charge in [-0.1, -0.05) is 13.0 Å². The highest BCUT2D eigenvalue weighted by Gasteiger charge is 2.15. The van der Waals surface area contributed by atoms with Crippen LogP contribution < -0.4 is 20.9 Å². The Labute approximate surface area is 201 Å². The molecule has 0 aliphatic carbocycles. The van der Waals surface area contributed by atoms with Gasteiger partial charge in [0.2, 0.25) is 0 Å². The third-order valence-electron chi connectivity index (χ3n) is 5.03. The Morgan fingerprint density at radius 1 is 1.06 bits per heavy atom. The second-order valence-corrected chi connectivity index (χ2v) is 7.79. The van der Waals surface area contributed by atoms with Gasteiger partial charge in [-0.3, -0.25) is 9.59 Å². The largest absolute Gasteiger partial charge is 0.457 e. The average Bonchev–Trinajstić information content (AvgIpc) is 2.84. The van der Waals surface area contributed by atoms with E-state index in [2.05, 4.69) is 27.6 Å². The molecule has 4 rings (SSSR count). The highest BCUT2D eigenvalue weighted by atomic mass is 19.1. The SMILES string of the molecule is CCCNc1cc(Oc2ccc(NC(=O)c3nn(-c4cccc(F)c4)c(=O)cc3C)cc2)ccn1. The van der Waals surface area contributed by atoms with Crippen molar-refractivity contribution in [3.8, 4) is 17.2 Å². The molecule has 0 bridgehead atoms. The maximum Gasteiger partial charge on any atom is 0.276 e. The number of aryl methyl sites for hydroxylation is 1. The molecule has 178 valence electrons. The highest BCUT2D eigenvalue weighted by molar-refractivity contribution is 6.03. The molecule has 1 amide bonds. The smallest absolute Gasteiger partial charge is 0.276 e. The van der Waals surface area contributed by atoms with Gasteiger partial charge in [0, 0.05) is 30.6 Å². The standard InChI is InChI=1S/C26H24FN5O3/c1-3-12-28-23-16-22(11-13-29-23)35-21-9-7-19(8-10-21)30-26(34)25-17(2)14-24(33)32(31-25)20-6-4-5-18(27)15-20/h4-11,13-16H,3,12H2,1-2H3,(H,28,29)(H,30,34). The molecule has 8 nitrogen and oxygen atoms in total. The molecule has 2 aromatic carbocycles. The second kappa shape index (κ2) is 10.6. The van der Waals surface area contributed by atoms with Gasteiger partial charge < -0.3 is 15.4 Å². The van der Waals surface area contributed by atoms with E-state index in [1.54, 1.807) is 49.5 Å². The lowest BCUT2D eigenvalue weighted by Gasteiger charge is -2.11. The van der Waals surface area contributed by atoms with Gasteiger partial charge in [-0.25, -0.2) is 9.37 Å². The first kappa shape index (κ1) is 23.6. The number of nitrogens with zero attached hydrogens (tertiary/aromatic N) is 3. The zero-order chi connectivity index (χ0) is 24.8. The first-order chi connectivity index (χ1) is 16.9. The minimum atomic E-state index is -0.509. The maximum atomic E-state index is 13.6. The van der Waals surface area contributed by atoms with Gasteiger partial charge in [0.05, 0.1) is 5.69 Å². The van der Waals surface area contributed by atoms with Crippen LogP contribution in [0.4, 0.5) is 15.9 Å². The molecule has 2 N–H and O–H groups in total. The van der Waals surface area contributed by atoms with Crippen LogP contribution in [0.15, 0.2) is 77.7 Å². The van der Waals surface area contributed by atoms with Crippen molar-refractivity contribution in [1.82, 2.24) is 14.8 Å². The van der Waals surface area contributed by atoms with Crippen molar-refractivity contribution < 1.29 is 13.9 Å². The number of nitrogens with one attached hydrogen (secondary N) is 2. The van der Waals surface area contributed by atoms with Gasteiger partial charge in [-0.15, -0.1) is 0 Å². The quantitative estimate of drug-likeness (QED) is 0.376. The second-order valence-electron chi connectivity index (χ2n) is 7.79. The molecule has 0 saturated carbocycles. The van der Waals surface area contributed by atoms with Gasteiger partial charge in [-0.05, 0) is 67.4 Å². The number of ether oxygens (including phenoxy) is 1. The number of carbonyl (C=O) groups excluding carboxylic acids is 1. The van der Waals surface area contributed by atoms with E-state index in [0.717, 1.165) is 23.5 Å². The molecule has 0 radical (unpaired) electrons. The van der Waals surface area contributed by atoms with E-state index in [0.29, 0.717) is 22.7 Å². The van der Waals surface area contributed by atoms with E-state index in [1.165, 1.54) is 24.3 Å². The third-order valence-corrected chi connectivity index (χ3v) is 5.03. The topological polar surface area (TPSA) is 98.1 Å². The van der Waals surface area contributed by atoms with Crippen molar-refractivity contribution in [2.24, 2.45) is 0 Å². The van der Waals surface area contributed by atoms with Crippen LogP contribution in [-0.4, -0.2) is 27.2 Å². The van der Waals surface area contributed by atoms with E-state index < -0.39 is 17.3 Å². The van der Waals surface area contributed by atoms with Crippen molar-refractivity contribution in [3.63, 3.8) is 0 Å². The predicted molar refractivity (Wildman–Crippen MR) is 132 cm³/mol. The lowest BCUT2D eigenvalue weighted by Crippen LogP contribution is -2.26. The number of hydrogen-bond acceptors (Lipinski definition) is 6.